The van der Waals surface area contributed by atoms with Gasteiger partial charge in [0.25, 0.3) is 0 Å². The molecule has 4 saturated carbocycles. The van der Waals surface area contributed by atoms with Crippen molar-refractivity contribution in [2.24, 2.45) is 46.3 Å². The lowest BCUT2D eigenvalue weighted by atomic mass is 9.43. The fourth-order valence-corrected chi connectivity index (χ4v) is 9.32. The van der Waals surface area contributed by atoms with Crippen molar-refractivity contribution in [3.05, 3.63) is 12.2 Å². The third-order valence-corrected chi connectivity index (χ3v) is 10.9. The van der Waals surface area contributed by atoms with Gasteiger partial charge in [0.15, 0.2) is 0 Å². The minimum absolute atomic E-state index is 0.0399. The van der Waals surface area contributed by atoms with E-state index in [-0.39, 0.29) is 46.9 Å². The Morgan fingerprint density at radius 2 is 1.67 bits per heavy atom. The van der Waals surface area contributed by atoms with Gasteiger partial charge in [-0.3, -0.25) is 9.59 Å². The second kappa shape index (κ2) is 10.5. The average Bonchev–Trinajstić information content (AvgIpc) is 3.16. The highest BCUT2D eigenvalue weighted by molar-refractivity contribution is 5.81. The fraction of sp³-hybridized carbons (Fsp3) is 0.833. The number of esters is 3. The topological polar surface area (TPSA) is 78.9 Å². The molecule has 0 radical (unpaired) electrons. The van der Waals surface area contributed by atoms with Crippen LogP contribution in [0.1, 0.15) is 92.9 Å². The van der Waals surface area contributed by atoms with Gasteiger partial charge in [0.2, 0.25) is 0 Å². The largest absolute Gasteiger partial charge is 0.463 e. The minimum Gasteiger partial charge on any atom is -0.463 e. The van der Waals surface area contributed by atoms with Gasteiger partial charge in [-0.25, -0.2) is 4.79 Å². The van der Waals surface area contributed by atoms with Crippen molar-refractivity contribution in [3.8, 4) is 0 Å². The van der Waals surface area contributed by atoms with Gasteiger partial charge in [-0.2, -0.15) is 0 Å². The van der Waals surface area contributed by atoms with Gasteiger partial charge in [0.1, 0.15) is 12.2 Å². The summed E-state index contributed by atoms with van der Waals surface area (Å²) in [5.41, 5.74) is 0.0796. The molecule has 4 aliphatic carbocycles. The summed E-state index contributed by atoms with van der Waals surface area (Å²) in [5, 5.41) is 0. The number of hydrogen-bond acceptors (Lipinski definition) is 6. The lowest BCUT2D eigenvalue weighted by Gasteiger charge is -2.62. The number of carbonyl (C=O) groups excluding carboxylic acids is 3. The average molecular weight is 504 g/mol. The van der Waals surface area contributed by atoms with Crippen LogP contribution >= 0.6 is 0 Å². The van der Waals surface area contributed by atoms with E-state index in [9.17, 15) is 14.4 Å². The van der Waals surface area contributed by atoms with Crippen LogP contribution in [0, 0.1) is 46.3 Å². The van der Waals surface area contributed by atoms with E-state index < -0.39 is 0 Å². The molecule has 0 bridgehead atoms. The van der Waals surface area contributed by atoms with Crippen LogP contribution in [-0.2, 0) is 28.6 Å². The van der Waals surface area contributed by atoms with Crippen molar-refractivity contribution >= 4 is 17.9 Å². The predicted octanol–water partition coefficient (Wildman–Crippen LogP) is 5.87. The van der Waals surface area contributed by atoms with E-state index in [0.717, 1.165) is 38.5 Å². The van der Waals surface area contributed by atoms with Gasteiger partial charge >= 0.3 is 17.9 Å². The predicted molar refractivity (Wildman–Crippen MR) is 137 cm³/mol. The lowest BCUT2D eigenvalue weighted by Crippen LogP contribution is -2.59. The molecule has 202 valence electrons. The third kappa shape index (κ3) is 4.86. The number of ether oxygens (including phenoxy) is 3. The van der Waals surface area contributed by atoms with Gasteiger partial charge in [-0.15, -0.1) is 0 Å². The Balaban J connectivity index is 1.59. The molecular formula is C30H46O6. The van der Waals surface area contributed by atoms with E-state index in [2.05, 4.69) is 20.8 Å². The van der Waals surface area contributed by atoms with Crippen LogP contribution in [0.4, 0.5) is 0 Å². The van der Waals surface area contributed by atoms with Crippen LogP contribution in [0.15, 0.2) is 12.2 Å². The quantitative estimate of drug-likeness (QED) is 0.195. The highest BCUT2D eigenvalue weighted by Crippen LogP contribution is 2.68. The molecule has 0 aromatic rings. The van der Waals surface area contributed by atoms with E-state index in [0.29, 0.717) is 36.2 Å². The first kappa shape index (κ1) is 27.2. The molecule has 4 rings (SSSR count). The fourth-order valence-electron chi connectivity index (χ4n) is 9.32. The van der Waals surface area contributed by atoms with Gasteiger partial charge in [-0.1, -0.05) is 26.8 Å². The van der Waals surface area contributed by atoms with Crippen LogP contribution in [0.5, 0.6) is 0 Å². The number of carbonyl (C=O) groups is 3. The Morgan fingerprint density at radius 3 is 2.33 bits per heavy atom. The highest BCUT2D eigenvalue weighted by Gasteiger charge is 2.65. The van der Waals surface area contributed by atoms with Crippen LogP contribution in [0.25, 0.3) is 0 Å². The minimum atomic E-state index is -0.292. The van der Waals surface area contributed by atoms with E-state index >= 15 is 0 Å². The summed E-state index contributed by atoms with van der Waals surface area (Å²) in [7, 11) is 0. The van der Waals surface area contributed by atoms with E-state index in [1.165, 1.54) is 26.7 Å². The molecule has 4 fully saturated rings. The second-order valence-electron chi connectivity index (χ2n) is 12.5. The molecule has 0 amide bonds. The summed E-state index contributed by atoms with van der Waals surface area (Å²) in [4.78, 5) is 35.9. The zero-order chi connectivity index (χ0) is 26.3. The molecule has 0 heterocycles. The summed E-state index contributed by atoms with van der Waals surface area (Å²) >= 11 is 0. The summed E-state index contributed by atoms with van der Waals surface area (Å²) in [6, 6.07) is 0. The maximum absolute atomic E-state index is 12.3. The smallest absolute Gasteiger partial charge is 0.330 e. The standard InChI is InChI=1S/C30H46O6/c1-7-34-28(33)13-8-18(2)24-11-12-25-23-10-9-21-16-22(35-19(3)31)14-15-29(21,5)26(23)17-27(30(24,25)6)36-20(4)32/h8,13,18,21-27H,7,9-12,14-17H2,1-6H3/b13-8+/t18-,21-,22-,23+,24-,25+,26+,27+,29+,30-/m1/s1/i13+1. The molecule has 4 aliphatic rings. The second-order valence-corrected chi connectivity index (χ2v) is 12.5. The van der Waals surface area contributed by atoms with Gasteiger partial charge < -0.3 is 14.2 Å². The van der Waals surface area contributed by atoms with Crippen molar-refractivity contribution in [2.75, 3.05) is 6.61 Å². The summed E-state index contributed by atoms with van der Waals surface area (Å²) in [5.74, 6) is 2.07. The first-order chi connectivity index (χ1) is 17.0. The summed E-state index contributed by atoms with van der Waals surface area (Å²) in [6.07, 6.45) is 12.0. The Labute approximate surface area is 216 Å². The van der Waals surface area contributed by atoms with Crippen molar-refractivity contribution in [2.45, 2.75) is 105 Å². The Kier molecular flexibility index (Phi) is 7.92. The van der Waals surface area contributed by atoms with Crippen LogP contribution in [-0.4, -0.2) is 36.7 Å². The Hall–Kier alpha value is -1.85. The number of hydrogen-bond donors (Lipinski definition) is 0. The molecule has 0 aliphatic heterocycles. The number of allylic oxidation sites excluding steroid dienone is 1. The molecule has 0 spiro atoms. The zero-order valence-electron chi connectivity index (χ0n) is 23.1. The molecule has 0 saturated heterocycles. The molecule has 10 atom stereocenters. The van der Waals surface area contributed by atoms with Crippen molar-refractivity contribution in [1.82, 2.24) is 0 Å². The summed E-state index contributed by atoms with van der Waals surface area (Å²) < 4.78 is 16.9. The molecule has 36 heavy (non-hydrogen) atoms. The summed E-state index contributed by atoms with van der Waals surface area (Å²) in [6.45, 7) is 12.3. The van der Waals surface area contributed by atoms with Crippen molar-refractivity contribution < 1.29 is 28.6 Å². The van der Waals surface area contributed by atoms with Gasteiger partial charge in [0, 0.05) is 25.3 Å². The maximum atomic E-state index is 12.3. The van der Waals surface area contributed by atoms with E-state index in [1.54, 1.807) is 6.08 Å². The maximum Gasteiger partial charge on any atom is 0.330 e. The highest BCUT2D eigenvalue weighted by atomic mass is 16.5. The SMILES string of the molecule is CCOC(=O)/[13CH]=C/[C@@H](C)[C@H]1CC[C@H]2[C@@H]3CC[C@@H]4C[C@H](OC(C)=O)CC[C@]4(C)[C@H]3C[C@H](OC(C)=O)[C@]12C. The number of fused-ring (bicyclic) bond motifs is 5. The van der Waals surface area contributed by atoms with E-state index in [4.69, 9.17) is 14.2 Å². The van der Waals surface area contributed by atoms with Crippen LogP contribution in [0.3, 0.4) is 0 Å². The normalized spacial score (nSPS) is 42.6. The Morgan fingerprint density at radius 1 is 0.944 bits per heavy atom. The van der Waals surface area contributed by atoms with Crippen molar-refractivity contribution in [3.63, 3.8) is 0 Å². The first-order valence-corrected chi connectivity index (χ1v) is 14.2. The van der Waals surface area contributed by atoms with Crippen molar-refractivity contribution in [1.29, 1.82) is 0 Å². The third-order valence-electron chi connectivity index (χ3n) is 10.9. The molecular weight excluding hydrogens is 457 g/mol. The molecule has 6 nitrogen and oxygen atoms in total. The molecule has 6 heteroatoms. The number of rotatable bonds is 6. The monoisotopic (exact) mass is 503 g/mol. The van der Waals surface area contributed by atoms with E-state index in [1.807, 2.05) is 13.0 Å². The van der Waals surface area contributed by atoms with Crippen LogP contribution in [0.2, 0.25) is 0 Å². The molecule has 0 unspecified atom stereocenters. The van der Waals surface area contributed by atoms with Gasteiger partial charge in [0.05, 0.1) is 6.61 Å². The van der Waals surface area contributed by atoms with Gasteiger partial charge in [-0.05, 0) is 99.2 Å². The zero-order valence-corrected chi connectivity index (χ0v) is 23.1. The lowest BCUT2D eigenvalue weighted by molar-refractivity contribution is -0.196. The molecule has 0 N–H and O–H groups in total. The Bertz CT molecular complexity index is 881. The first-order valence-electron chi connectivity index (χ1n) is 14.2. The van der Waals surface area contributed by atoms with Crippen LogP contribution < -0.4 is 0 Å². The molecule has 0 aromatic heterocycles. The molecule has 0 aromatic carbocycles.